The van der Waals surface area contributed by atoms with Gasteiger partial charge in [-0.05, 0) is 92.2 Å². The van der Waals surface area contributed by atoms with E-state index in [4.69, 9.17) is 4.18 Å². The Labute approximate surface area is 190 Å². The van der Waals surface area contributed by atoms with E-state index in [0.717, 1.165) is 49.7 Å². The van der Waals surface area contributed by atoms with Gasteiger partial charge in [-0.15, -0.1) is 0 Å². The van der Waals surface area contributed by atoms with Gasteiger partial charge < -0.3 is 0 Å². The number of rotatable bonds is 13. The number of hydrogen-bond acceptors (Lipinski definition) is 3. The van der Waals surface area contributed by atoms with Crippen molar-refractivity contribution in [3.05, 3.63) is 76.4 Å². The molecule has 0 saturated carbocycles. The summed E-state index contributed by atoms with van der Waals surface area (Å²) in [6.07, 6.45) is 15.1. The van der Waals surface area contributed by atoms with E-state index in [9.17, 15) is 8.42 Å². The Morgan fingerprint density at radius 2 is 1.19 bits per heavy atom. The molecule has 0 spiro atoms. The lowest BCUT2D eigenvalue weighted by molar-refractivity contribution is 0.356. The van der Waals surface area contributed by atoms with Crippen LogP contribution < -0.4 is 0 Å². The van der Waals surface area contributed by atoms with Crippen molar-refractivity contribution in [1.82, 2.24) is 0 Å². The van der Waals surface area contributed by atoms with Crippen LogP contribution >= 0.6 is 0 Å². The molecule has 0 bridgehead atoms. The highest BCUT2D eigenvalue weighted by Gasteiger charge is 2.13. The third-order valence-electron chi connectivity index (χ3n) is 5.12. The Hall–Kier alpha value is -1.91. The van der Waals surface area contributed by atoms with Crippen LogP contribution in [0, 0.1) is 6.92 Å². The molecule has 0 amide bonds. The summed E-state index contributed by atoms with van der Waals surface area (Å²) in [5.41, 5.74) is 6.40. The minimum Gasteiger partial charge on any atom is -0.262 e. The van der Waals surface area contributed by atoms with E-state index < -0.39 is 10.1 Å². The van der Waals surface area contributed by atoms with Gasteiger partial charge in [-0.25, -0.2) is 0 Å². The third kappa shape index (κ3) is 12.5. The van der Waals surface area contributed by atoms with Crippen molar-refractivity contribution in [2.45, 2.75) is 85.0 Å². The predicted octanol–water partition coefficient (Wildman–Crippen LogP) is 7.85. The van der Waals surface area contributed by atoms with Gasteiger partial charge in [0.1, 0.15) is 0 Å². The molecule has 0 unspecified atom stereocenters. The summed E-state index contributed by atoms with van der Waals surface area (Å²) >= 11 is 0. The van der Waals surface area contributed by atoms with Gasteiger partial charge in [0, 0.05) is 0 Å². The van der Waals surface area contributed by atoms with Crippen LogP contribution in [-0.4, -0.2) is 15.0 Å². The quantitative estimate of drug-likeness (QED) is 0.230. The van der Waals surface area contributed by atoms with Crippen molar-refractivity contribution in [2.24, 2.45) is 0 Å². The van der Waals surface area contributed by atoms with E-state index in [1.807, 2.05) is 19.9 Å². The van der Waals surface area contributed by atoms with Gasteiger partial charge in [-0.2, -0.15) is 8.42 Å². The monoisotopic (exact) mass is 444 g/mol. The Bertz CT molecular complexity index is 894. The minimum atomic E-state index is -3.70. The molecule has 1 aromatic carbocycles. The average Bonchev–Trinajstić information content (AvgIpc) is 2.68. The Morgan fingerprint density at radius 1 is 0.742 bits per heavy atom. The zero-order valence-corrected chi connectivity index (χ0v) is 21.0. The number of aryl methyl sites for hydroxylation is 1. The van der Waals surface area contributed by atoms with Gasteiger partial charge in [0.2, 0.25) is 0 Å². The van der Waals surface area contributed by atoms with Gasteiger partial charge >= 0.3 is 0 Å². The van der Waals surface area contributed by atoms with Crippen molar-refractivity contribution in [2.75, 3.05) is 6.61 Å². The second kappa shape index (κ2) is 14.2. The van der Waals surface area contributed by atoms with Crippen LogP contribution in [-0.2, 0) is 14.3 Å². The van der Waals surface area contributed by atoms with Crippen LogP contribution in [0.15, 0.2) is 75.8 Å². The summed E-state index contributed by atoms with van der Waals surface area (Å²) in [6.45, 7) is 12.7. The summed E-state index contributed by atoms with van der Waals surface area (Å²) in [7, 11) is -3.70. The molecule has 4 heteroatoms. The van der Waals surface area contributed by atoms with Crippen molar-refractivity contribution >= 4 is 10.1 Å². The van der Waals surface area contributed by atoms with Crippen LogP contribution in [0.2, 0.25) is 0 Å². The van der Waals surface area contributed by atoms with Crippen LogP contribution in [0.25, 0.3) is 0 Å². The highest BCUT2D eigenvalue weighted by atomic mass is 32.2. The molecule has 1 rings (SSSR count). The third-order valence-corrected chi connectivity index (χ3v) is 6.41. The lowest BCUT2D eigenvalue weighted by Crippen LogP contribution is -2.06. The molecule has 0 aliphatic carbocycles. The molecular weight excluding hydrogens is 404 g/mol. The molecule has 172 valence electrons. The van der Waals surface area contributed by atoms with Crippen LogP contribution in [0.1, 0.15) is 78.7 Å². The summed E-state index contributed by atoms with van der Waals surface area (Å²) in [5.74, 6) is 0. The number of allylic oxidation sites excluding steroid dienone is 7. The van der Waals surface area contributed by atoms with E-state index in [1.165, 1.54) is 16.7 Å². The minimum absolute atomic E-state index is 0.0710. The first-order valence-corrected chi connectivity index (χ1v) is 12.6. The largest absolute Gasteiger partial charge is 0.297 e. The summed E-state index contributed by atoms with van der Waals surface area (Å²) in [5, 5.41) is 0. The topological polar surface area (TPSA) is 43.4 Å². The van der Waals surface area contributed by atoms with E-state index >= 15 is 0 Å². The average molecular weight is 445 g/mol. The molecule has 0 aliphatic rings. The molecule has 0 radical (unpaired) electrons. The smallest absolute Gasteiger partial charge is 0.262 e. The molecule has 1 aromatic rings. The van der Waals surface area contributed by atoms with Crippen molar-refractivity contribution < 1.29 is 12.6 Å². The van der Waals surface area contributed by atoms with E-state index in [-0.39, 0.29) is 11.5 Å². The lowest BCUT2D eigenvalue weighted by Gasteiger charge is -2.05. The van der Waals surface area contributed by atoms with Gasteiger partial charge in [0.15, 0.2) is 0 Å². The molecule has 0 N–H and O–H groups in total. The van der Waals surface area contributed by atoms with Crippen LogP contribution in [0.3, 0.4) is 0 Å². The number of benzene rings is 1. The van der Waals surface area contributed by atoms with E-state index in [0.29, 0.717) is 0 Å². The molecular formula is C27H40O3S. The van der Waals surface area contributed by atoms with Crippen molar-refractivity contribution in [3.8, 4) is 0 Å². The van der Waals surface area contributed by atoms with Gasteiger partial charge in [0.25, 0.3) is 10.1 Å². The summed E-state index contributed by atoms with van der Waals surface area (Å²) in [4.78, 5) is 0.198. The maximum absolute atomic E-state index is 12.2. The summed E-state index contributed by atoms with van der Waals surface area (Å²) < 4.78 is 29.5. The Balaban J connectivity index is 2.35. The molecule has 31 heavy (non-hydrogen) atoms. The Morgan fingerprint density at radius 3 is 1.68 bits per heavy atom. The van der Waals surface area contributed by atoms with Crippen LogP contribution in [0.4, 0.5) is 0 Å². The molecule has 0 aliphatic heterocycles. The van der Waals surface area contributed by atoms with Gasteiger partial charge in [-0.3, -0.25) is 4.18 Å². The second-order valence-electron chi connectivity index (χ2n) is 8.60. The van der Waals surface area contributed by atoms with Crippen LogP contribution in [0.5, 0.6) is 0 Å². The number of hydrogen-bond donors (Lipinski definition) is 0. The molecule has 3 nitrogen and oxygen atoms in total. The first-order valence-electron chi connectivity index (χ1n) is 11.2. The van der Waals surface area contributed by atoms with E-state index in [2.05, 4.69) is 45.9 Å². The first kappa shape index (κ1) is 27.1. The predicted molar refractivity (Wildman–Crippen MR) is 133 cm³/mol. The summed E-state index contributed by atoms with van der Waals surface area (Å²) in [6, 6.07) is 6.70. The highest BCUT2D eigenvalue weighted by Crippen LogP contribution is 2.15. The maximum atomic E-state index is 12.2. The zero-order valence-electron chi connectivity index (χ0n) is 20.2. The maximum Gasteiger partial charge on any atom is 0.297 e. The highest BCUT2D eigenvalue weighted by molar-refractivity contribution is 7.86. The molecule has 0 saturated heterocycles. The fourth-order valence-corrected chi connectivity index (χ4v) is 3.88. The first-order chi connectivity index (χ1) is 14.6. The SMILES string of the molecule is CC(C)=CCC/C(C)=C/CC/C(C)=C/CC/C(C)=C/COS(=O)(=O)c1ccc(C)cc1. The van der Waals surface area contributed by atoms with Gasteiger partial charge in [0.05, 0.1) is 11.5 Å². The fourth-order valence-electron chi connectivity index (χ4n) is 3.03. The van der Waals surface area contributed by atoms with Gasteiger partial charge in [-0.1, -0.05) is 64.3 Å². The molecule has 0 aromatic heterocycles. The normalized spacial score (nSPS) is 13.4. The molecule has 0 atom stereocenters. The standard InChI is InChI=1S/C27H40O3S/c1-22(2)10-7-11-23(3)12-8-13-24(4)14-9-15-25(5)20-21-30-31(28,29)27-18-16-26(6)17-19-27/h10,12,14,16-20H,7-9,11,13,15,21H2,1-6H3/b23-12+,24-14+,25-20+. The molecule has 0 heterocycles. The lowest BCUT2D eigenvalue weighted by atomic mass is 10.0. The zero-order chi connectivity index (χ0) is 23.3. The fraction of sp³-hybridized carbons (Fsp3) is 0.481. The van der Waals surface area contributed by atoms with Crippen molar-refractivity contribution in [1.29, 1.82) is 0 Å². The molecule has 0 fully saturated rings. The Kier molecular flexibility index (Phi) is 12.4. The van der Waals surface area contributed by atoms with E-state index in [1.54, 1.807) is 24.3 Å². The second-order valence-corrected chi connectivity index (χ2v) is 10.2. The van der Waals surface area contributed by atoms with Crippen molar-refractivity contribution in [3.63, 3.8) is 0 Å².